The van der Waals surface area contributed by atoms with Crippen molar-refractivity contribution in [2.45, 2.75) is 6.92 Å². The molecule has 1 amide bonds. The summed E-state index contributed by atoms with van der Waals surface area (Å²) in [4.78, 5) is 20.4. The molecular formula is C6H12N2O3. The Kier molecular flexibility index (Phi) is 4.21. The lowest BCUT2D eigenvalue weighted by Gasteiger charge is -2.05. The molecule has 0 bridgehead atoms. The summed E-state index contributed by atoms with van der Waals surface area (Å²) in [6, 6.07) is 0. The van der Waals surface area contributed by atoms with Crippen LogP contribution < -0.4 is 11.1 Å². The molecule has 5 heteroatoms. The number of carbonyl (C=O) groups is 2. The van der Waals surface area contributed by atoms with Gasteiger partial charge in [-0.25, -0.2) is 0 Å². The van der Waals surface area contributed by atoms with Gasteiger partial charge in [-0.15, -0.1) is 0 Å². The Morgan fingerprint density at radius 1 is 1.64 bits per heavy atom. The SMILES string of the molecule is CC(CNCC(N)=O)C(=O)O. The Morgan fingerprint density at radius 3 is 2.55 bits per heavy atom. The minimum absolute atomic E-state index is 0.0254. The lowest BCUT2D eigenvalue weighted by atomic mass is 10.2. The van der Waals surface area contributed by atoms with E-state index in [1.807, 2.05) is 0 Å². The highest BCUT2D eigenvalue weighted by Crippen LogP contribution is 1.89. The molecule has 0 aliphatic heterocycles. The molecule has 0 rings (SSSR count). The summed E-state index contributed by atoms with van der Waals surface area (Å²) in [5, 5.41) is 11.0. The van der Waals surface area contributed by atoms with Crippen molar-refractivity contribution in [1.82, 2.24) is 5.32 Å². The standard InChI is InChI=1S/C6H12N2O3/c1-4(6(10)11)2-8-3-5(7)9/h4,8H,2-3H2,1H3,(H2,7,9)(H,10,11). The molecule has 0 fully saturated rings. The number of amides is 1. The highest BCUT2D eigenvalue weighted by atomic mass is 16.4. The van der Waals surface area contributed by atoms with Crippen molar-refractivity contribution < 1.29 is 14.7 Å². The zero-order valence-electron chi connectivity index (χ0n) is 6.33. The van der Waals surface area contributed by atoms with Crippen molar-refractivity contribution >= 4 is 11.9 Å². The number of hydrogen-bond donors (Lipinski definition) is 3. The van der Waals surface area contributed by atoms with E-state index in [1.165, 1.54) is 0 Å². The molecule has 1 unspecified atom stereocenters. The van der Waals surface area contributed by atoms with Crippen molar-refractivity contribution in [2.75, 3.05) is 13.1 Å². The van der Waals surface area contributed by atoms with Crippen LogP contribution >= 0.6 is 0 Å². The third-order valence-corrected chi connectivity index (χ3v) is 1.17. The van der Waals surface area contributed by atoms with Gasteiger partial charge in [-0.05, 0) is 0 Å². The molecule has 0 aliphatic rings. The lowest BCUT2D eigenvalue weighted by Crippen LogP contribution is -2.33. The molecule has 4 N–H and O–H groups in total. The minimum atomic E-state index is -0.887. The molecule has 64 valence electrons. The summed E-state index contributed by atoms with van der Waals surface area (Å²) in [5.74, 6) is -1.86. The Morgan fingerprint density at radius 2 is 2.18 bits per heavy atom. The summed E-state index contributed by atoms with van der Waals surface area (Å²) in [6.45, 7) is 1.84. The van der Waals surface area contributed by atoms with Gasteiger partial charge in [-0.2, -0.15) is 0 Å². The number of nitrogens with one attached hydrogen (secondary N) is 1. The van der Waals surface area contributed by atoms with Crippen LogP contribution in [-0.4, -0.2) is 30.1 Å². The van der Waals surface area contributed by atoms with E-state index in [4.69, 9.17) is 10.8 Å². The largest absolute Gasteiger partial charge is 0.481 e. The Bertz CT molecular complexity index is 158. The highest BCUT2D eigenvalue weighted by molar-refractivity contribution is 5.76. The average Bonchev–Trinajstić information content (AvgIpc) is 1.86. The predicted molar refractivity (Wildman–Crippen MR) is 38.9 cm³/mol. The molecule has 11 heavy (non-hydrogen) atoms. The third-order valence-electron chi connectivity index (χ3n) is 1.17. The van der Waals surface area contributed by atoms with E-state index < -0.39 is 17.8 Å². The maximum atomic E-state index is 10.2. The monoisotopic (exact) mass is 160 g/mol. The van der Waals surface area contributed by atoms with Crippen LogP contribution in [0.4, 0.5) is 0 Å². The van der Waals surface area contributed by atoms with Gasteiger partial charge in [0.1, 0.15) is 0 Å². The molecule has 0 aromatic heterocycles. The van der Waals surface area contributed by atoms with Crippen molar-refractivity contribution in [1.29, 1.82) is 0 Å². The zero-order valence-corrected chi connectivity index (χ0v) is 6.33. The molecule has 5 nitrogen and oxygen atoms in total. The van der Waals surface area contributed by atoms with Crippen LogP contribution in [0.3, 0.4) is 0 Å². The number of hydrogen-bond acceptors (Lipinski definition) is 3. The van der Waals surface area contributed by atoms with E-state index in [1.54, 1.807) is 6.92 Å². The lowest BCUT2D eigenvalue weighted by molar-refractivity contribution is -0.141. The van der Waals surface area contributed by atoms with Crippen LogP contribution in [0.15, 0.2) is 0 Å². The first-order chi connectivity index (χ1) is 5.04. The number of carboxylic acids is 1. The summed E-state index contributed by atoms with van der Waals surface area (Å²) < 4.78 is 0. The molecule has 0 spiro atoms. The Labute approximate surface area is 64.6 Å². The first kappa shape index (κ1) is 9.90. The van der Waals surface area contributed by atoms with Crippen LogP contribution in [-0.2, 0) is 9.59 Å². The number of carboxylic acid groups (broad SMARTS) is 1. The fourth-order valence-electron chi connectivity index (χ4n) is 0.499. The molecule has 0 saturated carbocycles. The van der Waals surface area contributed by atoms with Gasteiger partial charge in [0.25, 0.3) is 0 Å². The first-order valence-corrected chi connectivity index (χ1v) is 3.26. The second kappa shape index (κ2) is 4.68. The van der Waals surface area contributed by atoms with Gasteiger partial charge in [-0.1, -0.05) is 6.92 Å². The van der Waals surface area contributed by atoms with Gasteiger partial charge >= 0.3 is 5.97 Å². The maximum Gasteiger partial charge on any atom is 0.307 e. The number of carbonyl (C=O) groups excluding carboxylic acids is 1. The topological polar surface area (TPSA) is 92.4 Å². The highest BCUT2D eigenvalue weighted by Gasteiger charge is 2.09. The first-order valence-electron chi connectivity index (χ1n) is 3.26. The predicted octanol–water partition coefficient (Wildman–Crippen LogP) is -1.22. The fraction of sp³-hybridized carbons (Fsp3) is 0.667. The van der Waals surface area contributed by atoms with E-state index >= 15 is 0 Å². The Hall–Kier alpha value is -1.10. The summed E-state index contributed by atoms with van der Waals surface area (Å²) in [5.41, 5.74) is 4.81. The average molecular weight is 160 g/mol. The number of primary amides is 1. The van der Waals surface area contributed by atoms with Crippen LogP contribution in [0.5, 0.6) is 0 Å². The van der Waals surface area contributed by atoms with Gasteiger partial charge in [0.2, 0.25) is 5.91 Å². The van der Waals surface area contributed by atoms with Crippen LogP contribution in [0.25, 0.3) is 0 Å². The fourth-order valence-corrected chi connectivity index (χ4v) is 0.499. The van der Waals surface area contributed by atoms with E-state index in [-0.39, 0.29) is 13.1 Å². The van der Waals surface area contributed by atoms with Gasteiger partial charge in [0, 0.05) is 6.54 Å². The summed E-state index contributed by atoms with van der Waals surface area (Å²) in [6.07, 6.45) is 0. The number of rotatable bonds is 5. The molecule has 0 aromatic carbocycles. The quantitative estimate of drug-likeness (QED) is 0.470. The number of nitrogens with two attached hydrogens (primary N) is 1. The normalized spacial score (nSPS) is 12.5. The van der Waals surface area contributed by atoms with Gasteiger partial charge < -0.3 is 16.2 Å². The van der Waals surface area contributed by atoms with E-state index in [9.17, 15) is 9.59 Å². The Balaban J connectivity index is 3.39. The van der Waals surface area contributed by atoms with Crippen LogP contribution in [0, 0.1) is 5.92 Å². The van der Waals surface area contributed by atoms with Crippen molar-refractivity contribution in [2.24, 2.45) is 11.7 Å². The maximum absolute atomic E-state index is 10.2. The third kappa shape index (κ3) is 5.35. The molecule has 1 atom stereocenters. The smallest absolute Gasteiger partial charge is 0.307 e. The van der Waals surface area contributed by atoms with Crippen LogP contribution in [0.1, 0.15) is 6.92 Å². The van der Waals surface area contributed by atoms with E-state index in [0.29, 0.717) is 0 Å². The van der Waals surface area contributed by atoms with Crippen molar-refractivity contribution in [3.63, 3.8) is 0 Å². The van der Waals surface area contributed by atoms with E-state index in [0.717, 1.165) is 0 Å². The minimum Gasteiger partial charge on any atom is -0.481 e. The van der Waals surface area contributed by atoms with Crippen molar-refractivity contribution in [3.05, 3.63) is 0 Å². The van der Waals surface area contributed by atoms with Gasteiger partial charge in [0.05, 0.1) is 12.5 Å². The molecule has 0 saturated heterocycles. The molecule has 0 radical (unpaired) electrons. The summed E-state index contributed by atoms with van der Waals surface area (Å²) >= 11 is 0. The van der Waals surface area contributed by atoms with Gasteiger partial charge in [-0.3, -0.25) is 9.59 Å². The van der Waals surface area contributed by atoms with Crippen molar-refractivity contribution in [3.8, 4) is 0 Å². The second-order valence-electron chi connectivity index (χ2n) is 2.34. The zero-order chi connectivity index (χ0) is 8.85. The molecular weight excluding hydrogens is 148 g/mol. The van der Waals surface area contributed by atoms with Gasteiger partial charge in [0.15, 0.2) is 0 Å². The second-order valence-corrected chi connectivity index (χ2v) is 2.34. The van der Waals surface area contributed by atoms with E-state index in [2.05, 4.69) is 5.32 Å². The molecule has 0 aliphatic carbocycles. The molecule has 0 aromatic rings. The summed E-state index contributed by atoms with van der Waals surface area (Å²) in [7, 11) is 0. The number of aliphatic carboxylic acids is 1. The molecule has 0 heterocycles. The van der Waals surface area contributed by atoms with Crippen LogP contribution in [0.2, 0.25) is 0 Å².